The van der Waals surface area contributed by atoms with Gasteiger partial charge in [0.2, 0.25) is 0 Å². The van der Waals surface area contributed by atoms with Gasteiger partial charge in [-0.1, -0.05) is 33.6 Å². The minimum Gasteiger partial charge on any atom is -0.377 e. The fourth-order valence-corrected chi connectivity index (χ4v) is 2.75. The first-order valence-corrected chi connectivity index (χ1v) is 6.93. The lowest BCUT2D eigenvalue weighted by atomic mass is 9.72. The number of likely N-dealkylation sites (N-methyl/N-ethyl adjacent to an activating group) is 1. The molecule has 16 heavy (non-hydrogen) atoms. The van der Waals surface area contributed by atoms with E-state index in [9.17, 15) is 0 Å². The van der Waals surface area contributed by atoms with Crippen molar-refractivity contribution in [2.24, 2.45) is 5.92 Å². The van der Waals surface area contributed by atoms with Crippen LogP contribution in [0, 0.1) is 5.92 Å². The van der Waals surface area contributed by atoms with Gasteiger partial charge in [-0.15, -0.1) is 0 Å². The highest BCUT2D eigenvalue weighted by Crippen LogP contribution is 2.39. The molecule has 0 amide bonds. The summed E-state index contributed by atoms with van der Waals surface area (Å²) in [4.78, 5) is 0. The Balaban J connectivity index is 2.40. The molecule has 1 fully saturated rings. The molecule has 1 rings (SSSR count). The highest BCUT2D eigenvalue weighted by molar-refractivity contribution is 4.99. The molecule has 0 aromatic rings. The summed E-state index contributed by atoms with van der Waals surface area (Å²) in [5, 5.41) is 3.63. The first-order chi connectivity index (χ1) is 7.64. The number of nitrogens with one attached hydrogen (secondary N) is 1. The second-order valence-electron chi connectivity index (χ2n) is 5.56. The molecule has 1 unspecified atom stereocenters. The van der Waals surface area contributed by atoms with Crippen molar-refractivity contribution in [3.63, 3.8) is 0 Å². The van der Waals surface area contributed by atoms with E-state index < -0.39 is 0 Å². The second-order valence-corrected chi connectivity index (χ2v) is 5.56. The molecule has 0 aromatic carbocycles. The Morgan fingerprint density at radius 3 is 2.31 bits per heavy atom. The molecular formula is C14H29NO. The molecule has 0 aromatic heterocycles. The molecule has 2 nitrogen and oxygen atoms in total. The zero-order valence-corrected chi connectivity index (χ0v) is 11.5. The van der Waals surface area contributed by atoms with Crippen LogP contribution in [-0.2, 0) is 4.74 Å². The monoisotopic (exact) mass is 227 g/mol. The molecule has 2 heteroatoms. The van der Waals surface area contributed by atoms with Gasteiger partial charge in [0.25, 0.3) is 0 Å². The van der Waals surface area contributed by atoms with Gasteiger partial charge >= 0.3 is 0 Å². The molecule has 1 atom stereocenters. The van der Waals surface area contributed by atoms with Crippen LogP contribution in [0.3, 0.4) is 0 Å². The maximum absolute atomic E-state index is 5.78. The van der Waals surface area contributed by atoms with Crippen molar-refractivity contribution in [1.82, 2.24) is 5.32 Å². The van der Waals surface area contributed by atoms with Gasteiger partial charge in [0.05, 0.1) is 5.60 Å². The van der Waals surface area contributed by atoms with Crippen LogP contribution in [0.25, 0.3) is 0 Å². The molecule has 0 radical (unpaired) electrons. The molecule has 0 saturated heterocycles. The second kappa shape index (κ2) is 6.61. The number of hydrogen-bond acceptors (Lipinski definition) is 2. The van der Waals surface area contributed by atoms with Crippen molar-refractivity contribution in [3.05, 3.63) is 0 Å². The summed E-state index contributed by atoms with van der Waals surface area (Å²) in [5.74, 6) is 0.821. The molecular weight excluding hydrogens is 198 g/mol. The maximum atomic E-state index is 5.78. The van der Waals surface area contributed by atoms with Crippen LogP contribution < -0.4 is 5.32 Å². The van der Waals surface area contributed by atoms with Crippen molar-refractivity contribution < 1.29 is 4.74 Å². The van der Waals surface area contributed by atoms with E-state index in [2.05, 4.69) is 26.1 Å². The lowest BCUT2D eigenvalue weighted by molar-refractivity contribution is -0.100. The van der Waals surface area contributed by atoms with Crippen molar-refractivity contribution in [2.45, 2.75) is 70.9 Å². The molecule has 1 N–H and O–H groups in total. The minimum absolute atomic E-state index is 0.160. The molecule has 1 aliphatic carbocycles. The third kappa shape index (κ3) is 3.46. The SMILES string of the molecule is CCNC(CCCC(C)C)C1(OC)CCC1. The molecule has 1 saturated carbocycles. The Labute approximate surface area is 101 Å². The van der Waals surface area contributed by atoms with Gasteiger partial charge in [0.1, 0.15) is 0 Å². The molecule has 0 heterocycles. The average Bonchev–Trinajstić information content (AvgIpc) is 2.16. The Bertz CT molecular complexity index is 182. The molecule has 0 aliphatic heterocycles. The van der Waals surface area contributed by atoms with E-state index >= 15 is 0 Å². The summed E-state index contributed by atoms with van der Waals surface area (Å²) in [6.07, 6.45) is 7.73. The van der Waals surface area contributed by atoms with Crippen LogP contribution in [0.5, 0.6) is 0 Å². The third-order valence-corrected chi connectivity index (χ3v) is 3.97. The van der Waals surface area contributed by atoms with Crippen LogP contribution in [0.4, 0.5) is 0 Å². The molecule has 0 spiro atoms. The first-order valence-electron chi connectivity index (χ1n) is 6.93. The Morgan fingerprint density at radius 2 is 1.94 bits per heavy atom. The van der Waals surface area contributed by atoms with Crippen LogP contribution in [0.15, 0.2) is 0 Å². The number of hydrogen-bond donors (Lipinski definition) is 1. The highest BCUT2D eigenvalue weighted by Gasteiger charge is 2.43. The van der Waals surface area contributed by atoms with Crippen LogP contribution in [0.2, 0.25) is 0 Å². The van der Waals surface area contributed by atoms with Crippen molar-refractivity contribution in [2.75, 3.05) is 13.7 Å². The van der Waals surface area contributed by atoms with Gasteiger partial charge in [-0.05, 0) is 38.1 Å². The van der Waals surface area contributed by atoms with Gasteiger partial charge in [0.15, 0.2) is 0 Å². The first kappa shape index (κ1) is 14.0. The average molecular weight is 227 g/mol. The predicted octanol–water partition coefficient (Wildman–Crippen LogP) is 3.36. The minimum atomic E-state index is 0.160. The van der Waals surface area contributed by atoms with Gasteiger partial charge in [-0.2, -0.15) is 0 Å². The molecule has 1 aliphatic rings. The zero-order valence-electron chi connectivity index (χ0n) is 11.5. The lowest BCUT2D eigenvalue weighted by Gasteiger charge is -2.47. The van der Waals surface area contributed by atoms with Gasteiger partial charge in [0, 0.05) is 13.2 Å². The van der Waals surface area contributed by atoms with E-state index in [1.165, 1.54) is 38.5 Å². The fourth-order valence-electron chi connectivity index (χ4n) is 2.75. The van der Waals surface area contributed by atoms with E-state index in [0.29, 0.717) is 6.04 Å². The molecule has 0 bridgehead atoms. The van der Waals surface area contributed by atoms with E-state index in [0.717, 1.165) is 12.5 Å². The van der Waals surface area contributed by atoms with Crippen molar-refractivity contribution in [1.29, 1.82) is 0 Å². The normalized spacial score (nSPS) is 20.8. The Morgan fingerprint density at radius 1 is 1.25 bits per heavy atom. The molecule has 96 valence electrons. The van der Waals surface area contributed by atoms with E-state index in [1.807, 2.05) is 7.11 Å². The maximum Gasteiger partial charge on any atom is 0.0831 e. The van der Waals surface area contributed by atoms with Crippen LogP contribution in [-0.4, -0.2) is 25.3 Å². The number of ether oxygens (including phenoxy) is 1. The third-order valence-electron chi connectivity index (χ3n) is 3.97. The number of methoxy groups -OCH3 is 1. The Hall–Kier alpha value is -0.0800. The summed E-state index contributed by atoms with van der Waals surface area (Å²) in [7, 11) is 1.88. The smallest absolute Gasteiger partial charge is 0.0831 e. The Kier molecular flexibility index (Phi) is 5.77. The number of rotatable bonds is 8. The van der Waals surface area contributed by atoms with Crippen molar-refractivity contribution in [3.8, 4) is 0 Å². The summed E-state index contributed by atoms with van der Waals surface area (Å²) in [6, 6.07) is 0.565. The van der Waals surface area contributed by atoms with E-state index in [-0.39, 0.29) is 5.60 Å². The topological polar surface area (TPSA) is 21.3 Å². The summed E-state index contributed by atoms with van der Waals surface area (Å²) < 4.78 is 5.78. The highest BCUT2D eigenvalue weighted by atomic mass is 16.5. The van der Waals surface area contributed by atoms with Gasteiger partial charge < -0.3 is 10.1 Å². The summed E-state index contributed by atoms with van der Waals surface area (Å²) in [5.41, 5.74) is 0.160. The summed E-state index contributed by atoms with van der Waals surface area (Å²) in [6.45, 7) is 7.85. The van der Waals surface area contributed by atoms with Crippen LogP contribution >= 0.6 is 0 Å². The van der Waals surface area contributed by atoms with Gasteiger partial charge in [-0.25, -0.2) is 0 Å². The standard InChI is InChI=1S/C14H29NO/c1-5-15-13(9-6-8-12(2)3)14(16-4)10-7-11-14/h12-13,15H,5-11H2,1-4H3. The van der Waals surface area contributed by atoms with E-state index in [4.69, 9.17) is 4.74 Å². The van der Waals surface area contributed by atoms with Crippen molar-refractivity contribution >= 4 is 0 Å². The zero-order chi connectivity index (χ0) is 12.0. The quantitative estimate of drug-likeness (QED) is 0.686. The predicted molar refractivity (Wildman–Crippen MR) is 69.7 cm³/mol. The van der Waals surface area contributed by atoms with Gasteiger partial charge in [-0.3, -0.25) is 0 Å². The fraction of sp³-hybridized carbons (Fsp3) is 1.00. The largest absolute Gasteiger partial charge is 0.377 e. The van der Waals surface area contributed by atoms with Crippen LogP contribution in [0.1, 0.15) is 59.3 Å². The summed E-state index contributed by atoms with van der Waals surface area (Å²) >= 11 is 0. The lowest BCUT2D eigenvalue weighted by Crippen LogP contribution is -2.56. The van der Waals surface area contributed by atoms with E-state index in [1.54, 1.807) is 0 Å².